The van der Waals surface area contributed by atoms with E-state index in [2.05, 4.69) is 19.9 Å². The number of nitrogens with one attached hydrogen (secondary N) is 2. The van der Waals surface area contributed by atoms with Gasteiger partial charge in [0.25, 0.3) is 0 Å². The van der Waals surface area contributed by atoms with Crippen molar-refractivity contribution in [3.05, 3.63) is 0 Å². The van der Waals surface area contributed by atoms with Crippen LogP contribution in [-0.2, 0) is 10.0 Å². The van der Waals surface area contributed by atoms with Gasteiger partial charge in [0, 0.05) is 0 Å². The minimum absolute atomic E-state index is 0.0648. The average Bonchev–Trinajstić information content (AvgIpc) is 2.63. The van der Waals surface area contributed by atoms with E-state index < -0.39 is 10.0 Å². The van der Waals surface area contributed by atoms with Crippen molar-refractivity contribution in [3.63, 3.8) is 0 Å². The second kappa shape index (κ2) is 5.85. The Labute approximate surface area is 101 Å². The summed E-state index contributed by atoms with van der Waals surface area (Å²) in [6.45, 7) is 6.16. The first-order valence-corrected chi connectivity index (χ1v) is 7.14. The molecule has 0 saturated carbocycles. The van der Waals surface area contributed by atoms with E-state index in [4.69, 9.17) is 4.74 Å². The van der Waals surface area contributed by atoms with Crippen molar-refractivity contribution < 1.29 is 13.2 Å². The van der Waals surface area contributed by atoms with Crippen molar-refractivity contribution in [1.82, 2.24) is 15.2 Å². The van der Waals surface area contributed by atoms with Crippen molar-refractivity contribution in [1.29, 1.82) is 0 Å². The van der Waals surface area contributed by atoms with Crippen LogP contribution in [0.1, 0.15) is 27.2 Å². The van der Waals surface area contributed by atoms with E-state index in [0.717, 1.165) is 0 Å². The van der Waals surface area contributed by atoms with Crippen molar-refractivity contribution in [2.75, 3.05) is 17.1 Å². The highest BCUT2D eigenvalue weighted by Crippen LogP contribution is 2.09. The fourth-order valence-electron chi connectivity index (χ4n) is 1.07. The largest absolute Gasteiger partial charge is 0.463 e. The summed E-state index contributed by atoms with van der Waals surface area (Å²) in [6.07, 6.45) is 0.599. The van der Waals surface area contributed by atoms with E-state index >= 15 is 0 Å². The summed E-state index contributed by atoms with van der Waals surface area (Å²) in [6, 6.07) is 0.133. The zero-order valence-corrected chi connectivity index (χ0v) is 11.0. The standard InChI is InChI=1S/C9H18N4O3S/c1-4-16-9-10-8(11-12-9)13-17(14,15)6-5-7(2)3/h7H,4-6H2,1-3H3,(H2,10,11,12,13). The van der Waals surface area contributed by atoms with E-state index in [1.165, 1.54) is 0 Å². The number of H-pyrrole nitrogens is 1. The van der Waals surface area contributed by atoms with Crippen LogP contribution < -0.4 is 9.46 Å². The van der Waals surface area contributed by atoms with Crippen LogP contribution in [-0.4, -0.2) is 36.0 Å². The second-order valence-corrected chi connectivity index (χ2v) is 5.84. The highest BCUT2D eigenvalue weighted by Gasteiger charge is 2.14. The monoisotopic (exact) mass is 262 g/mol. The van der Waals surface area contributed by atoms with Gasteiger partial charge in [-0.05, 0) is 19.3 Å². The number of rotatable bonds is 7. The first kappa shape index (κ1) is 13.8. The molecule has 1 aromatic rings. The van der Waals surface area contributed by atoms with Gasteiger partial charge in [-0.1, -0.05) is 13.8 Å². The summed E-state index contributed by atoms with van der Waals surface area (Å²) < 4.78 is 30.6. The molecule has 0 saturated heterocycles. The van der Waals surface area contributed by atoms with Gasteiger partial charge in [-0.25, -0.2) is 13.5 Å². The molecule has 0 aliphatic heterocycles. The summed E-state index contributed by atoms with van der Waals surface area (Å²) >= 11 is 0. The topological polar surface area (TPSA) is 97.0 Å². The van der Waals surface area contributed by atoms with Crippen LogP contribution in [0, 0.1) is 5.92 Å². The summed E-state index contributed by atoms with van der Waals surface area (Å²) in [5, 5.41) is 6.16. The lowest BCUT2D eigenvalue weighted by molar-refractivity contribution is 0.314. The van der Waals surface area contributed by atoms with Gasteiger partial charge in [-0.2, -0.15) is 4.98 Å². The molecule has 0 fully saturated rings. The molecule has 1 heterocycles. The van der Waals surface area contributed by atoms with Gasteiger partial charge >= 0.3 is 6.01 Å². The number of nitrogens with zero attached hydrogens (tertiary/aromatic N) is 2. The number of hydrogen-bond donors (Lipinski definition) is 2. The lowest BCUT2D eigenvalue weighted by Crippen LogP contribution is -2.18. The fourth-order valence-corrected chi connectivity index (χ4v) is 2.34. The van der Waals surface area contributed by atoms with Gasteiger partial charge in [0.05, 0.1) is 12.4 Å². The molecule has 0 amide bonds. The molecule has 7 nitrogen and oxygen atoms in total. The number of sulfonamides is 1. The normalized spacial score (nSPS) is 11.8. The molecule has 0 radical (unpaired) electrons. The van der Waals surface area contributed by atoms with Crippen LogP contribution in [0.4, 0.5) is 5.95 Å². The van der Waals surface area contributed by atoms with Crippen LogP contribution in [0.25, 0.3) is 0 Å². The quantitative estimate of drug-likeness (QED) is 0.763. The molecule has 2 N–H and O–H groups in total. The first-order valence-electron chi connectivity index (χ1n) is 5.48. The first-order chi connectivity index (χ1) is 7.93. The van der Waals surface area contributed by atoms with Gasteiger partial charge in [-0.15, -0.1) is 5.10 Å². The molecule has 0 atom stereocenters. The van der Waals surface area contributed by atoms with Gasteiger partial charge in [0.15, 0.2) is 0 Å². The average molecular weight is 262 g/mol. The lowest BCUT2D eigenvalue weighted by atomic mass is 10.2. The Bertz CT molecular complexity index is 441. The zero-order chi connectivity index (χ0) is 12.9. The fraction of sp³-hybridized carbons (Fsp3) is 0.778. The third-order valence-electron chi connectivity index (χ3n) is 1.95. The van der Waals surface area contributed by atoms with Crippen molar-refractivity contribution >= 4 is 16.0 Å². The third-order valence-corrected chi connectivity index (χ3v) is 3.23. The highest BCUT2D eigenvalue weighted by molar-refractivity contribution is 7.92. The summed E-state index contributed by atoms with van der Waals surface area (Å²) in [7, 11) is -3.37. The van der Waals surface area contributed by atoms with Crippen molar-refractivity contribution in [2.45, 2.75) is 27.2 Å². The van der Waals surface area contributed by atoms with E-state index in [-0.39, 0.29) is 17.7 Å². The molecule has 98 valence electrons. The lowest BCUT2D eigenvalue weighted by Gasteiger charge is -2.06. The third kappa shape index (κ3) is 5.03. The molecule has 17 heavy (non-hydrogen) atoms. The summed E-state index contributed by atoms with van der Waals surface area (Å²) in [4.78, 5) is 3.83. The summed E-state index contributed by atoms with van der Waals surface area (Å²) in [5.41, 5.74) is 0. The molecule has 0 unspecified atom stereocenters. The molecule has 0 aliphatic carbocycles. The maximum atomic E-state index is 11.6. The minimum atomic E-state index is -3.37. The predicted molar refractivity (Wildman–Crippen MR) is 64.4 cm³/mol. The zero-order valence-electron chi connectivity index (χ0n) is 10.2. The van der Waals surface area contributed by atoms with E-state index in [9.17, 15) is 8.42 Å². The summed E-state index contributed by atoms with van der Waals surface area (Å²) in [5.74, 6) is 0.479. The number of aromatic nitrogens is 3. The highest BCUT2D eigenvalue weighted by atomic mass is 32.2. The number of hydrogen-bond acceptors (Lipinski definition) is 5. The van der Waals surface area contributed by atoms with E-state index in [1.54, 1.807) is 6.92 Å². The molecule has 1 aromatic heterocycles. The Kier molecular flexibility index (Phi) is 4.73. The molecule has 0 aliphatic rings. The molecule has 0 bridgehead atoms. The SMILES string of the molecule is CCOc1n[nH]c(NS(=O)(=O)CCC(C)C)n1. The number of aromatic amines is 1. The molecule has 0 spiro atoms. The molecular formula is C9H18N4O3S. The van der Waals surface area contributed by atoms with Crippen LogP contribution in [0.5, 0.6) is 6.01 Å². The van der Waals surface area contributed by atoms with Crippen LogP contribution in [0.15, 0.2) is 0 Å². The number of ether oxygens (including phenoxy) is 1. The second-order valence-electron chi connectivity index (χ2n) is 4.00. The van der Waals surface area contributed by atoms with Crippen LogP contribution >= 0.6 is 0 Å². The molecular weight excluding hydrogens is 244 g/mol. The Morgan fingerprint density at radius 3 is 2.76 bits per heavy atom. The van der Waals surface area contributed by atoms with Crippen molar-refractivity contribution in [3.8, 4) is 6.01 Å². The minimum Gasteiger partial charge on any atom is -0.463 e. The predicted octanol–water partition coefficient (Wildman–Crippen LogP) is 0.991. The van der Waals surface area contributed by atoms with Gasteiger partial charge in [0.2, 0.25) is 16.0 Å². The number of anilines is 1. The molecule has 1 rings (SSSR count). The van der Waals surface area contributed by atoms with Gasteiger partial charge in [-0.3, -0.25) is 4.72 Å². The Morgan fingerprint density at radius 2 is 2.18 bits per heavy atom. The van der Waals surface area contributed by atoms with Crippen molar-refractivity contribution in [2.24, 2.45) is 5.92 Å². The molecule has 0 aromatic carbocycles. The Balaban J connectivity index is 2.56. The van der Waals surface area contributed by atoms with Gasteiger partial charge in [0.1, 0.15) is 0 Å². The molecule has 8 heteroatoms. The maximum absolute atomic E-state index is 11.6. The smallest absolute Gasteiger partial charge is 0.337 e. The van der Waals surface area contributed by atoms with E-state index in [0.29, 0.717) is 18.9 Å². The van der Waals surface area contributed by atoms with Gasteiger partial charge < -0.3 is 4.74 Å². The Morgan fingerprint density at radius 1 is 1.47 bits per heavy atom. The van der Waals surface area contributed by atoms with E-state index in [1.807, 2.05) is 13.8 Å². The van der Waals surface area contributed by atoms with Crippen LogP contribution in [0.3, 0.4) is 0 Å². The van der Waals surface area contributed by atoms with Crippen LogP contribution in [0.2, 0.25) is 0 Å². The maximum Gasteiger partial charge on any atom is 0.337 e. The Hall–Kier alpha value is -1.31.